The second kappa shape index (κ2) is 14.2. The lowest BCUT2D eigenvalue weighted by Crippen LogP contribution is -2.25. The third-order valence-corrected chi connectivity index (χ3v) is 8.34. The van der Waals surface area contributed by atoms with Crippen LogP contribution in [0.25, 0.3) is 0 Å². The van der Waals surface area contributed by atoms with Crippen LogP contribution < -0.4 is 4.74 Å². The molecule has 3 rings (SSSR count). The summed E-state index contributed by atoms with van der Waals surface area (Å²) in [4.78, 5) is 0. The summed E-state index contributed by atoms with van der Waals surface area (Å²) in [5, 5.41) is 19.3. The summed E-state index contributed by atoms with van der Waals surface area (Å²) in [5.74, 6) is 4.11. The topological polar surface area (TPSA) is 56.8 Å². The van der Waals surface area contributed by atoms with Gasteiger partial charge in [0.15, 0.2) is 0 Å². The Bertz CT molecular complexity index is 859. The van der Waals surface area contributed by atoms with Crippen molar-refractivity contribution in [3.05, 3.63) is 41.0 Å². The van der Waals surface area contributed by atoms with Gasteiger partial charge in [0.1, 0.15) is 30.1 Å². The van der Waals surface area contributed by atoms with Crippen LogP contribution in [0.15, 0.2) is 24.3 Å². The summed E-state index contributed by atoms with van der Waals surface area (Å²) in [6, 6.07) is 8.29. The van der Waals surface area contributed by atoms with Gasteiger partial charge < -0.3 is 4.74 Å². The minimum absolute atomic E-state index is 0.388. The van der Waals surface area contributed by atoms with Crippen LogP contribution in [0.2, 0.25) is 0 Å². The Kier molecular flexibility index (Phi) is 11.0. The average Bonchev–Trinajstić information content (AvgIpc) is 2.88. The third kappa shape index (κ3) is 7.37. The molecule has 1 aromatic carbocycles. The van der Waals surface area contributed by atoms with Gasteiger partial charge in [-0.15, -0.1) is 0 Å². The van der Waals surface area contributed by atoms with Crippen LogP contribution >= 0.6 is 0 Å². The van der Waals surface area contributed by atoms with Gasteiger partial charge >= 0.3 is 0 Å². The number of benzene rings is 1. The Labute approximate surface area is 208 Å². The number of rotatable bonds is 11. The first-order chi connectivity index (χ1) is 16.7. The molecule has 2 aliphatic carbocycles. The predicted molar refractivity (Wildman–Crippen MR) is 140 cm³/mol. The molecule has 0 N–H and O–H groups in total. The number of nitrogens with zero attached hydrogens (tertiary/aromatic N) is 2. The molecule has 0 bridgehead atoms. The summed E-state index contributed by atoms with van der Waals surface area (Å²) in [7, 11) is 0. The second-order valence-electron chi connectivity index (χ2n) is 10.6. The number of unbranched alkanes of at least 4 members (excludes halogenated alkanes) is 2. The molecule has 0 spiro atoms. The van der Waals surface area contributed by atoms with Gasteiger partial charge in [0.05, 0.1) is 5.56 Å². The van der Waals surface area contributed by atoms with Crippen molar-refractivity contribution in [1.29, 1.82) is 10.5 Å². The number of hydrogen-bond donors (Lipinski definition) is 0. The Hall–Kier alpha value is -2.26. The highest BCUT2D eigenvalue weighted by Crippen LogP contribution is 2.42. The van der Waals surface area contributed by atoms with Crippen LogP contribution in [0.4, 0.5) is 0 Å². The van der Waals surface area contributed by atoms with E-state index >= 15 is 0 Å². The zero-order chi connectivity index (χ0) is 24.2. The maximum Gasteiger partial charge on any atom is 0.138 e. The molecule has 0 amide bonds. The van der Waals surface area contributed by atoms with E-state index in [4.69, 9.17) is 4.74 Å². The van der Waals surface area contributed by atoms with Gasteiger partial charge in [0, 0.05) is 0 Å². The summed E-state index contributed by atoms with van der Waals surface area (Å²) in [6.07, 6.45) is 22.6. The molecule has 0 heterocycles. The highest BCUT2D eigenvalue weighted by molar-refractivity contribution is 5.57. The molecular weight excluding hydrogens is 416 g/mol. The van der Waals surface area contributed by atoms with E-state index < -0.39 is 0 Å². The van der Waals surface area contributed by atoms with Crippen molar-refractivity contribution in [2.75, 3.05) is 6.61 Å². The number of nitriles is 2. The van der Waals surface area contributed by atoms with Crippen molar-refractivity contribution in [1.82, 2.24) is 0 Å². The molecule has 2 aliphatic rings. The van der Waals surface area contributed by atoms with E-state index in [1.54, 1.807) is 0 Å². The van der Waals surface area contributed by atoms with E-state index in [9.17, 15) is 10.5 Å². The maximum atomic E-state index is 9.66. The number of hydrogen-bond acceptors (Lipinski definition) is 3. The van der Waals surface area contributed by atoms with Gasteiger partial charge in [0.25, 0.3) is 0 Å². The first-order valence-corrected chi connectivity index (χ1v) is 14.0. The standard InChI is InChI=1S/C31H44N2O/c1-3-5-6-10-28-19-20-31(30(23-33)29(28)22-32)34-21-7-9-25-13-17-27(18-14-25)26-15-11-24(8-4-2)12-16-26/h7,9,19-20,24-27H,3-6,8,10-18,21H2,1-2H3/b9-7+. The highest BCUT2D eigenvalue weighted by atomic mass is 16.5. The van der Waals surface area contributed by atoms with Gasteiger partial charge in [-0.05, 0) is 86.7 Å². The molecule has 2 saturated carbocycles. The number of aryl methyl sites for hydroxylation is 1. The third-order valence-electron chi connectivity index (χ3n) is 8.34. The fourth-order valence-corrected chi connectivity index (χ4v) is 6.31. The van der Waals surface area contributed by atoms with Gasteiger partial charge in [-0.25, -0.2) is 0 Å². The van der Waals surface area contributed by atoms with Gasteiger partial charge in [-0.3, -0.25) is 0 Å². The van der Waals surface area contributed by atoms with Crippen molar-refractivity contribution in [2.45, 2.75) is 104 Å². The zero-order valence-corrected chi connectivity index (χ0v) is 21.5. The van der Waals surface area contributed by atoms with E-state index in [0.29, 0.717) is 29.4 Å². The Morgan fingerprint density at radius 2 is 1.53 bits per heavy atom. The lowest BCUT2D eigenvalue weighted by Gasteiger charge is -2.37. The van der Waals surface area contributed by atoms with E-state index in [0.717, 1.165) is 49.0 Å². The Morgan fingerprint density at radius 1 is 0.853 bits per heavy atom. The highest BCUT2D eigenvalue weighted by Gasteiger charge is 2.30. The molecule has 3 heteroatoms. The van der Waals surface area contributed by atoms with E-state index in [1.807, 2.05) is 12.1 Å². The van der Waals surface area contributed by atoms with Crippen LogP contribution in [0.3, 0.4) is 0 Å². The van der Waals surface area contributed by atoms with Gasteiger partial charge in [-0.2, -0.15) is 10.5 Å². The molecular formula is C31H44N2O. The van der Waals surface area contributed by atoms with Crippen LogP contribution in [-0.4, -0.2) is 6.61 Å². The van der Waals surface area contributed by atoms with Crippen LogP contribution in [0.5, 0.6) is 5.75 Å². The van der Waals surface area contributed by atoms with E-state index in [-0.39, 0.29) is 0 Å². The van der Waals surface area contributed by atoms with E-state index in [1.165, 1.54) is 64.2 Å². The van der Waals surface area contributed by atoms with Crippen molar-refractivity contribution < 1.29 is 4.74 Å². The summed E-state index contributed by atoms with van der Waals surface area (Å²) >= 11 is 0. The summed E-state index contributed by atoms with van der Waals surface area (Å²) in [5.41, 5.74) is 1.84. The molecule has 2 fully saturated rings. The lowest BCUT2D eigenvalue weighted by molar-refractivity contribution is 0.152. The minimum atomic E-state index is 0.388. The van der Waals surface area contributed by atoms with Crippen LogP contribution in [0, 0.1) is 46.3 Å². The molecule has 34 heavy (non-hydrogen) atoms. The molecule has 0 radical (unpaired) electrons. The van der Waals surface area contributed by atoms with Gasteiger partial charge in [0.2, 0.25) is 0 Å². The molecule has 0 saturated heterocycles. The fraction of sp³-hybridized carbons (Fsp3) is 0.677. The normalized spacial score (nSPS) is 25.1. The van der Waals surface area contributed by atoms with Crippen molar-refractivity contribution in [3.63, 3.8) is 0 Å². The molecule has 0 aliphatic heterocycles. The van der Waals surface area contributed by atoms with Crippen molar-refractivity contribution in [3.8, 4) is 17.9 Å². The fourth-order valence-electron chi connectivity index (χ4n) is 6.31. The Balaban J connectivity index is 1.44. The minimum Gasteiger partial charge on any atom is -0.488 e. The quantitative estimate of drug-likeness (QED) is 0.246. The SMILES string of the molecule is CCCCCc1ccc(OC/C=C/C2CCC(C3CCC(CCC)CC3)CC2)c(C#N)c1C#N. The van der Waals surface area contributed by atoms with Crippen molar-refractivity contribution >= 4 is 0 Å². The molecule has 0 unspecified atom stereocenters. The average molecular weight is 461 g/mol. The largest absolute Gasteiger partial charge is 0.488 e. The maximum absolute atomic E-state index is 9.66. The second-order valence-corrected chi connectivity index (χ2v) is 10.6. The first-order valence-electron chi connectivity index (χ1n) is 14.0. The summed E-state index contributed by atoms with van der Waals surface area (Å²) < 4.78 is 5.93. The molecule has 184 valence electrons. The van der Waals surface area contributed by atoms with Gasteiger partial charge in [-0.1, -0.05) is 70.6 Å². The zero-order valence-electron chi connectivity index (χ0n) is 21.5. The number of allylic oxidation sites excluding steroid dienone is 1. The molecule has 1 aromatic rings. The van der Waals surface area contributed by atoms with E-state index in [2.05, 4.69) is 38.1 Å². The molecule has 0 aromatic heterocycles. The predicted octanol–water partition coefficient (Wildman–Crippen LogP) is 8.51. The first kappa shape index (κ1) is 26.3. The number of ether oxygens (including phenoxy) is 1. The monoisotopic (exact) mass is 460 g/mol. The van der Waals surface area contributed by atoms with Crippen LogP contribution in [0.1, 0.15) is 114 Å². The molecule has 3 nitrogen and oxygen atoms in total. The molecule has 0 atom stereocenters. The Morgan fingerprint density at radius 3 is 2.15 bits per heavy atom. The summed E-state index contributed by atoms with van der Waals surface area (Å²) in [6.45, 7) is 4.94. The lowest BCUT2D eigenvalue weighted by atomic mass is 9.69. The van der Waals surface area contributed by atoms with Crippen LogP contribution in [-0.2, 0) is 6.42 Å². The smallest absolute Gasteiger partial charge is 0.138 e. The van der Waals surface area contributed by atoms with Crippen molar-refractivity contribution in [2.24, 2.45) is 23.7 Å².